The van der Waals surface area contributed by atoms with Gasteiger partial charge in [0.15, 0.2) is 0 Å². The van der Waals surface area contributed by atoms with Crippen LogP contribution in [0.1, 0.15) is 41.5 Å². The maximum absolute atomic E-state index is 13.7. The second kappa shape index (κ2) is 9.75. The summed E-state index contributed by atoms with van der Waals surface area (Å²) in [4.78, 5) is 43.5. The van der Waals surface area contributed by atoms with Crippen LogP contribution in [0.25, 0.3) is 0 Å². The molecule has 0 saturated heterocycles. The van der Waals surface area contributed by atoms with Crippen molar-refractivity contribution < 1.29 is 14.4 Å². The lowest BCUT2D eigenvalue weighted by atomic mass is 9.89. The zero-order valence-electron chi connectivity index (χ0n) is 19.5. The molecule has 1 aliphatic carbocycles. The van der Waals surface area contributed by atoms with Crippen molar-refractivity contribution >= 4 is 34.5 Å². The van der Waals surface area contributed by atoms with Crippen molar-refractivity contribution in [1.29, 1.82) is 0 Å². The predicted molar refractivity (Wildman–Crippen MR) is 135 cm³/mol. The molecular weight excluding hydrogens is 426 g/mol. The minimum atomic E-state index is -0.378. The third-order valence-corrected chi connectivity index (χ3v) is 5.91. The molecule has 34 heavy (non-hydrogen) atoms. The number of carbonyl (C=O) groups excluding carboxylic acids is 3. The number of benzene rings is 3. The van der Waals surface area contributed by atoms with Gasteiger partial charge in [0.2, 0.25) is 17.5 Å². The van der Waals surface area contributed by atoms with Crippen LogP contribution in [0.15, 0.2) is 90.3 Å². The number of hydrogen-bond acceptors (Lipinski definition) is 5. The summed E-state index contributed by atoms with van der Waals surface area (Å²) < 4.78 is 0. The fourth-order valence-electron chi connectivity index (χ4n) is 4.23. The minimum Gasteiger partial charge on any atom is -0.372 e. The Hall–Kier alpha value is -4.19. The molecule has 0 aromatic heterocycles. The van der Waals surface area contributed by atoms with Crippen LogP contribution < -0.4 is 15.1 Å². The molecule has 0 unspecified atom stereocenters. The van der Waals surface area contributed by atoms with Crippen molar-refractivity contribution in [3.8, 4) is 0 Å². The van der Waals surface area contributed by atoms with Gasteiger partial charge in [0, 0.05) is 48.2 Å². The van der Waals surface area contributed by atoms with Gasteiger partial charge in [-0.25, -0.2) is 0 Å². The van der Waals surface area contributed by atoms with E-state index in [1.54, 1.807) is 48.5 Å². The molecule has 172 valence electrons. The molecule has 1 amide bonds. The van der Waals surface area contributed by atoms with Gasteiger partial charge in [-0.3, -0.25) is 19.3 Å². The fourth-order valence-corrected chi connectivity index (χ4v) is 4.23. The first-order valence-corrected chi connectivity index (χ1v) is 11.4. The van der Waals surface area contributed by atoms with Crippen LogP contribution in [0.4, 0.5) is 17.1 Å². The Kier molecular flexibility index (Phi) is 6.59. The maximum atomic E-state index is 13.7. The number of para-hydroxylation sites is 1. The fraction of sp³-hybridized carbons (Fsp3) is 0.179. The second-order valence-electron chi connectivity index (χ2n) is 7.96. The number of rotatable bonds is 7. The minimum absolute atomic E-state index is 0.0234. The third-order valence-electron chi connectivity index (χ3n) is 5.91. The first-order valence-electron chi connectivity index (χ1n) is 11.4. The Bertz CT molecular complexity index is 1260. The number of amides is 1. The molecule has 3 aromatic rings. The van der Waals surface area contributed by atoms with Gasteiger partial charge < -0.3 is 10.2 Å². The van der Waals surface area contributed by atoms with E-state index >= 15 is 0 Å². The molecule has 0 spiro atoms. The summed E-state index contributed by atoms with van der Waals surface area (Å²) in [7, 11) is 0. The number of fused-ring (bicyclic) bond motifs is 1. The van der Waals surface area contributed by atoms with Crippen LogP contribution in [-0.4, -0.2) is 30.6 Å². The van der Waals surface area contributed by atoms with E-state index in [0.717, 1.165) is 18.8 Å². The van der Waals surface area contributed by atoms with Gasteiger partial charge in [0.05, 0.1) is 0 Å². The standard InChI is InChI=1S/C28H27N3O3/c1-4-30(5-2)21-17-15-20(16-18-21)29-25-26(31(19(3)32)22-11-7-6-8-12-22)28(34)24-14-10-9-13-23(24)27(25)33/h6-18,29H,4-5H2,1-3H3. The Morgan fingerprint density at radius 2 is 1.29 bits per heavy atom. The molecule has 0 saturated carbocycles. The number of anilines is 3. The Morgan fingerprint density at radius 1 is 0.735 bits per heavy atom. The number of nitrogens with one attached hydrogen (secondary N) is 1. The summed E-state index contributed by atoms with van der Waals surface area (Å²) >= 11 is 0. The first kappa shape index (κ1) is 23.0. The Balaban J connectivity index is 1.85. The highest BCUT2D eigenvalue weighted by molar-refractivity contribution is 6.30. The monoisotopic (exact) mass is 453 g/mol. The van der Waals surface area contributed by atoms with Gasteiger partial charge in [-0.2, -0.15) is 0 Å². The topological polar surface area (TPSA) is 69.7 Å². The molecule has 6 heteroatoms. The van der Waals surface area contributed by atoms with Gasteiger partial charge in [0.1, 0.15) is 11.4 Å². The first-order chi connectivity index (χ1) is 16.5. The smallest absolute Gasteiger partial charge is 0.228 e. The lowest BCUT2D eigenvalue weighted by Gasteiger charge is -2.30. The van der Waals surface area contributed by atoms with E-state index in [4.69, 9.17) is 0 Å². The SMILES string of the molecule is CCN(CC)c1ccc(NC2=C(N(C(C)=O)c3ccccc3)C(=O)c3ccccc3C2=O)cc1. The number of nitrogens with zero attached hydrogens (tertiary/aromatic N) is 2. The molecule has 0 aliphatic heterocycles. The molecule has 0 atom stereocenters. The highest BCUT2D eigenvalue weighted by atomic mass is 16.2. The van der Waals surface area contributed by atoms with Gasteiger partial charge in [-0.1, -0.05) is 42.5 Å². The molecule has 0 fully saturated rings. The van der Waals surface area contributed by atoms with Crippen molar-refractivity contribution in [1.82, 2.24) is 0 Å². The van der Waals surface area contributed by atoms with E-state index in [2.05, 4.69) is 24.1 Å². The summed E-state index contributed by atoms with van der Waals surface area (Å²) in [5.74, 6) is -1.07. The van der Waals surface area contributed by atoms with Crippen molar-refractivity contribution in [3.63, 3.8) is 0 Å². The van der Waals surface area contributed by atoms with Crippen molar-refractivity contribution in [2.24, 2.45) is 0 Å². The van der Waals surface area contributed by atoms with E-state index in [1.165, 1.54) is 11.8 Å². The normalized spacial score (nSPS) is 12.9. The molecule has 0 bridgehead atoms. The second-order valence-corrected chi connectivity index (χ2v) is 7.96. The number of allylic oxidation sites excluding steroid dienone is 2. The van der Waals surface area contributed by atoms with Gasteiger partial charge in [0.25, 0.3) is 0 Å². The summed E-state index contributed by atoms with van der Waals surface area (Å²) in [5.41, 5.74) is 2.94. The molecular formula is C28H27N3O3. The molecule has 1 aliphatic rings. The lowest BCUT2D eigenvalue weighted by molar-refractivity contribution is -0.116. The predicted octanol–water partition coefficient (Wildman–Crippen LogP) is 5.29. The van der Waals surface area contributed by atoms with E-state index in [0.29, 0.717) is 16.9 Å². The average molecular weight is 454 g/mol. The highest BCUT2D eigenvalue weighted by Crippen LogP contribution is 2.32. The molecule has 1 N–H and O–H groups in total. The van der Waals surface area contributed by atoms with Gasteiger partial charge in [-0.05, 0) is 50.2 Å². The highest BCUT2D eigenvalue weighted by Gasteiger charge is 2.37. The van der Waals surface area contributed by atoms with Gasteiger partial charge in [-0.15, -0.1) is 0 Å². The van der Waals surface area contributed by atoms with Gasteiger partial charge >= 0.3 is 0 Å². The lowest BCUT2D eigenvalue weighted by Crippen LogP contribution is -2.39. The van der Waals surface area contributed by atoms with Crippen LogP contribution in [0.3, 0.4) is 0 Å². The summed E-state index contributed by atoms with van der Waals surface area (Å²) in [6, 6.07) is 23.3. The zero-order chi connectivity index (χ0) is 24.2. The quantitative estimate of drug-likeness (QED) is 0.527. The summed E-state index contributed by atoms with van der Waals surface area (Å²) in [6.07, 6.45) is 0. The number of Topliss-reactive ketones (excluding diaryl/α,β-unsaturated/α-hetero) is 2. The molecule has 0 radical (unpaired) electrons. The molecule has 6 nitrogen and oxygen atoms in total. The Morgan fingerprint density at radius 3 is 1.85 bits per heavy atom. The van der Waals surface area contributed by atoms with Crippen molar-refractivity contribution in [2.75, 3.05) is 28.2 Å². The van der Waals surface area contributed by atoms with Crippen molar-refractivity contribution in [3.05, 3.63) is 101 Å². The van der Waals surface area contributed by atoms with Crippen LogP contribution in [0, 0.1) is 0 Å². The number of hydrogen-bond donors (Lipinski definition) is 1. The van der Waals surface area contributed by atoms with Crippen LogP contribution in [-0.2, 0) is 4.79 Å². The van der Waals surface area contributed by atoms with Crippen molar-refractivity contribution in [2.45, 2.75) is 20.8 Å². The van der Waals surface area contributed by atoms with Crippen LogP contribution >= 0.6 is 0 Å². The number of ketones is 2. The van der Waals surface area contributed by atoms with E-state index in [-0.39, 0.29) is 34.4 Å². The van der Waals surface area contributed by atoms with Crippen LogP contribution in [0.2, 0.25) is 0 Å². The number of carbonyl (C=O) groups is 3. The van der Waals surface area contributed by atoms with Crippen LogP contribution in [0.5, 0.6) is 0 Å². The van der Waals surface area contributed by atoms with E-state index in [1.807, 2.05) is 30.3 Å². The maximum Gasteiger partial charge on any atom is 0.228 e. The molecule has 4 rings (SSSR count). The van der Waals surface area contributed by atoms with E-state index < -0.39 is 0 Å². The Labute approximate surface area is 199 Å². The third kappa shape index (κ3) is 4.22. The largest absolute Gasteiger partial charge is 0.372 e. The summed E-state index contributed by atoms with van der Waals surface area (Å²) in [5, 5.41) is 3.16. The average Bonchev–Trinajstić information content (AvgIpc) is 2.86. The van der Waals surface area contributed by atoms with E-state index in [9.17, 15) is 14.4 Å². The summed E-state index contributed by atoms with van der Waals surface area (Å²) in [6.45, 7) is 7.33. The molecule has 0 heterocycles. The zero-order valence-corrected chi connectivity index (χ0v) is 19.5. The molecule has 3 aromatic carbocycles.